The lowest BCUT2D eigenvalue weighted by molar-refractivity contribution is 0.0941. The number of ether oxygens (including phenoxy) is 1. The minimum absolute atomic E-state index is 0.0171. The minimum atomic E-state index is -0.372. The summed E-state index contributed by atoms with van der Waals surface area (Å²) in [7, 11) is 1.61. The highest BCUT2D eigenvalue weighted by atomic mass is 16.5. The highest BCUT2D eigenvalue weighted by Crippen LogP contribution is 2.22. The van der Waals surface area contributed by atoms with Crippen molar-refractivity contribution < 1.29 is 14.6 Å². The summed E-state index contributed by atoms with van der Waals surface area (Å²) in [6.07, 6.45) is 0.483. The van der Waals surface area contributed by atoms with Crippen LogP contribution >= 0.6 is 0 Å². The van der Waals surface area contributed by atoms with Gasteiger partial charge in [0.25, 0.3) is 5.91 Å². The van der Waals surface area contributed by atoms with Crippen LogP contribution in [0.1, 0.15) is 17.0 Å². The predicted molar refractivity (Wildman–Crippen MR) is 97.4 cm³/mol. The predicted octanol–water partition coefficient (Wildman–Crippen LogP) is 2.06. The smallest absolute Gasteiger partial charge is 0.290 e. The van der Waals surface area contributed by atoms with Gasteiger partial charge in [0.1, 0.15) is 5.75 Å². The molecule has 0 bridgehead atoms. The Morgan fingerprint density at radius 1 is 1.15 bits per heavy atom. The van der Waals surface area contributed by atoms with E-state index in [2.05, 4.69) is 15.4 Å². The number of nitrogens with one attached hydrogen (secondary N) is 1. The van der Waals surface area contributed by atoms with E-state index in [4.69, 9.17) is 9.84 Å². The third kappa shape index (κ3) is 3.89. The van der Waals surface area contributed by atoms with Crippen LogP contribution in [0.5, 0.6) is 5.75 Å². The number of benzene rings is 2. The lowest BCUT2D eigenvalue weighted by Crippen LogP contribution is -2.26. The Morgan fingerprint density at radius 3 is 2.54 bits per heavy atom. The number of aliphatic hydroxyl groups excluding tert-OH is 1. The monoisotopic (exact) mass is 352 g/mol. The third-order valence-electron chi connectivity index (χ3n) is 3.78. The Balaban J connectivity index is 1.99. The largest absolute Gasteiger partial charge is 0.497 e. The molecule has 0 saturated carbocycles. The fourth-order valence-corrected chi connectivity index (χ4v) is 2.45. The molecule has 26 heavy (non-hydrogen) atoms. The number of carbonyl (C=O) groups excluding carboxylic acids is 1. The van der Waals surface area contributed by atoms with Crippen molar-refractivity contribution in [3.05, 3.63) is 60.4 Å². The van der Waals surface area contributed by atoms with Crippen LogP contribution in [-0.2, 0) is 0 Å². The maximum absolute atomic E-state index is 12.3. The second kappa shape index (κ2) is 8.26. The van der Waals surface area contributed by atoms with Gasteiger partial charge in [0.2, 0.25) is 5.82 Å². The molecule has 0 unspecified atom stereocenters. The van der Waals surface area contributed by atoms with Gasteiger partial charge in [-0.05, 0) is 30.7 Å². The molecule has 0 aliphatic carbocycles. The highest BCUT2D eigenvalue weighted by molar-refractivity contribution is 5.91. The zero-order valence-corrected chi connectivity index (χ0v) is 14.4. The zero-order valence-electron chi connectivity index (χ0n) is 14.4. The number of methoxy groups -OCH3 is 1. The molecule has 7 heteroatoms. The van der Waals surface area contributed by atoms with Crippen LogP contribution in [0, 0.1) is 0 Å². The van der Waals surface area contributed by atoms with Gasteiger partial charge in [-0.25, -0.2) is 9.67 Å². The molecule has 1 amide bonds. The number of hydrogen-bond acceptors (Lipinski definition) is 5. The molecule has 0 radical (unpaired) electrons. The van der Waals surface area contributed by atoms with Crippen LogP contribution in [0.4, 0.5) is 0 Å². The first-order valence-electron chi connectivity index (χ1n) is 8.29. The molecule has 2 aromatic carbocycles. The van der Waals surface area contributed by atoms with Crippen LogP contribution in [0.3, 0.4) is 0 Å². The number of nitrogens with zero attached hydrogens (tertiary/aromatic N) is 3. The Kier molecular flexibility index (Phi) is 5.60. The number of hydrogen-bond donors (Lipinski definition) is 2. The van der Waals surface area contributed by atoms with E-state index in [1.54, 1.807) is 11.8 Å². The summed E-state index contributed by atoms with van der Waals surface area (Å²) in [5.74, 6) is 1.01. The van der Waals surface area contributed by atoms with Crippen LogP contribution in [0.15, 0.2) is 54.6 Å². The summed E-state index contributed by atoms with van der Waals surface area (Å²) in [6.45, 7) is 0.385. The molecule has 1 heterocycles. The molecule has 1 aromatic heterocycles. The third-order valence-corrected chi connectivity index (χ3v) is 3.78. The zero-order chi connectivity index (χ0) is 18.4. The maximum atomic E-state index is 12.3. The number of rotatable bonds is 7. The van der Waals surface area contributed by atoms with Gasteiger partial charge in [-0.2, -0.15) is 0 Å². The van der Waals surface area contributed by atoms with E-state index < -0.39 is 0 Å². The first kappa shape index (κ1) is 17.6. The van der Waals surface area contributed by atoms with Crippen molar-refractivity contribution in [3.63, 3.8) is 0 Å². The summed E-state index contributed by atoms with van der Waals surface area (Å²) in [6, 6.07) is 16.9. The average molecular weight is 352 g/mol. The Labute approximate surface area is 151 Å². The Bertz CT molecular complexity index is 860. The maximum Gasteiger partial charge on any atom is 0.290 e. The van der Waals surface area contributed by atoms with Gasteiger partial charge in [-0.3, -0.25) is 4.79 Å². The van der Waals surface area contributed by atoms with Crippen LogP contribution in [0.25, 0.3) is 17.1 Å². The Morgan fingerprint density at radius 2 is 1.88 bits per heavy atom. The van der Waals surface area contributed by atoms with Crippen LogP contribution in [-0.4, -0.2) is 46.0 Å². The van der Waals surface area contributed by atoms with Gasteiger partial charge in [-0.15, -0.1) is 5.10 Å². The quantitative estimate of drug-likeness (QED) is 0.635. The van der Waals surface area contributed by atoms with E-state index in [1.165, 1.54) is 0 Å². The molecule has 7 nitrogen and oxygen atoms in total. The minimum Gasteiger partial charge on any atom is -0.497 e. The van der Waals surface area contributed by atoms with E-state index in [1.807, 2.05) is 54.6 Å². The summed E-state index contributed by atoms with van der Waals surface area (Å²) in [5, 5.41) is 15.9. The van der Waals surface area contributed by atoms with Gasteiger partial charge in [0.05, 0.1) is 12.8 Å². The average Bonchev–Trinajstić information content (AvgIpc) is 3.14. The molecule has 0 spiro atoms. The number of carbonyl (C=O) groups is 1. The molecular weight excluding hydrogens is 332 g/mol. The van der Waals surface area contributed by atoms with Gasteiger partial charge in [0, 0.05) is 18.7 Å². The number of aliphatic hydroxyl groups is 1. The first-order chi connectivity index (χ1) is 12.7. The second-order valence-corrected chi connectivity index (χ2v) is 5.57. The first-order valence-corrected chi connectivity index (χ1v) is 8.29. The lowest BCUT2D eigenvalue weighted by atomic mass is 10.2. The molecule has 0 aliphatic heterocycles. The number of amides is 1. The van der Waals surface area contributed by atoms with Gasteiger partial charge < -0.3 is 15.2 Å². The molecule has 2 N–H and O–H groups in total. The fourth-order valence-electron chi connectivity index (χ4n) is 2.45. The molecular formula is C19H20N4O3. The van der Waals surface area contributed by atoms with Crippen LogP contribution in [0.2, 0.25) is 0 Å². The summed E-state index contributed by atoms with van der Waals surface area (Å²) >= 11 is 0. The molecule has 0 saturated heterocycles. The molecule has 134 valence electrons. The van der Waals surface area contributed by atoms with Crippen molar-refractivity contribution in [2.24, 2.45) is 0 Å². The second-order valence-electron chi connectivity index (χ2n) is 5.57. The number of aromatic nitrogens is 3. The van der Waals surface area contributed by atoms with Crippen molar-refractivity contribution in [1.29, 1.82) is 0 Å². The molecule has 0 aliphatic rings. The summed E-state index contributed by atoms with van der Waals surface area (Å²) in [5.41, 5.74) is 1.62. The van der Waals surface area contributed by atoms with Crippen molar-refractivity contribution in [2.75, 3.05) is 20.3 Å². The van der Waals surface area contributed by atoms with E-state index in [9.17, 15) is 4.79 Å². The van der Waals surface area contributed by atoms with Crippen molar-refractivity contribution >= 4 is 5.91 Å². The van der Waals surface area contributed by atoms with E-state index in [0.717, 1.165) is 17.0 Å². The topological polar surface area (TPSA) is 89.3 Å². The highest BCUT2D eigenvalue weighted by Gasteiger charge is 2.18. The fraction of sp³-hybridized carbons (Fsp3) is 0.211. The molecule has 3 aromatic rings. The molecule has 0 fully saturated rings. The van der Waals surface area contributed by atoms with Crippen molar-refractivity contribution in [3.8, 4) is 22.8 Å². The standard InChI is InChI=1S/C19H20N4O3/c1-26-16-10-8-15(9-11-16)23-18(14-6-3-2-4-7-14)21-17(22-23)19(25)20-12-5-13-24/h2-4,6-11,24H,5,12-13H2,1H3,(H,20,25). The van der Waals surface area contributed by atoms with Gasteiger partial charge in [-0.1, -0.05) is 30.3 Å². The van der Waals surface area contributed by atoms with Gasteiger partial charge in [0.15, 0.2) is 5.82 Å². The van der Waals surface area contributed by atoms with E-state index in [-0.39, 0.29) is 18.3 Å². The van der Waals surface area contributed by atoms with E-state index >= 15 is 0 Å². The lowest BCUT2D eigenvalue weighted by Gasteiger charge is -2.07. The van der Waals surface area contributed by atoms with E-state index in [0.29, 0.717) is 18.8 Å². The van der Waals surface area contributed by atoms with Crippen LogP contribution < -0.4 is 10.1 Å². The summed E-state index contributed by atoms with van der Waals surface area (Å²) in [4.78, 5) is 16.7. The molecule has 3 rings (SSSR count). The summed E-state index contributed by atoms with van der Waals surface area (Å²) < 4.78 is 6.82. The van der Waals surface area contributed by atoms with Crippen molar-refractivity contribution in [2.45, 2.75) is 6.42 Å². The molecule has 0 atom stereocenters. The Hall–Kier alpha value is -3.19. The SMILES string of the molecule is COc1ccc(-n2nc(C(=O)NCCCO)nc2-c2ccccc2)cc1. The van der Waals surface area contributed by atoms with Gasteiger partial charge >= 0.3 is 0 Å². The normalized spacial score (nSPS) is 10.5. The van der Waals surface area contributed by atoms with Crippen molar-refractivity contribution in [1.82, 2.24) is 20.1 Å².